The van der Waals surface area contributed by atoms with Crippen LogP contribution in [0.5, 0.6) is 5.88 Å². The molecule has 0 bridgehead atoms. The zero-order valence-electron chi connectivity index (χ0n) is 10.5. The highest BCUT2D eigenvalue weighted by Gasteiger charge is 2.06. The molecule has 0 amide bonds. The van der Waals surface area contributed by atoms with Crippen molar-refractivity contribution in [3.05, 3.63) is 59.3 Å². The lowest BCUT2D eigenvalue weighted by atomic mass is 10.2. The molecule has 0 atom stereocenters. The quantitative estimate of drug-likeness (QED) is 0.901. The topological polar surface area (TPSA) is 34.1 Å². The van der Waals surface area contributed by atoms with Crippen LogP contribution in [0.3, 0.4) is 0 Å². The van der Waals surface area contributed by atoms with Crippen molar-refractivity contribution in [3.8, 4) is 5.88 Å². The SMILES string of the molecule is COc1ccc(CNCc2cccc(F)c2F)cn1. The summed E-state index contributed by atoms with van der Waals surface area (Å²) in [6, 6.07) is 7.76. The zero-order valence-corrected chi connectivity index (χ0v) is 10.5. The van der Waals surface area contributed by atoms with Gasteiger partial charge in [-0.2, -0.15) is 0 Å². The Balaban J connectivity index is 1.90. The van der Waals surface area contributed by atoms with E-state index in [0.717, 1.165) is 11.6 Å². The van der Waals surface area contributed by atoms with E-state index in [2.05, 4.69) is 10.3 Å². The number of methoxy groups -OCH3 is 1. The molecule has 0 aliphatic rings. The van der Waals surface area contributed by atoms with Gasteiger partial charge in [0.1, 0.15) is 0 Å². The smallest absolute Gasteiger partial charge is 0.212 e. The van der Waals surface area contributed by atoms with Gasteiger partial charge in [0, 0.05) is 30.9 Å². The summed E-state index contributed by atoms with van der Waals surface area (Å²) in [6.07, 6.45) is 1.67. The molecule has 0 saturated carbocycles. The van der Waals surface area contributed by atoms with Crippen molar-refractivity contribution in [1.82, 2.24) is 10.3 Å². The summed E-state index contributed by atoms with van der Waals surface area (Å²) in [4.78, 5) is 4.06. The number of nitrogens with one attached hydrogen (secondary N) is 1. The number of benzene rings is 1. The van der Waals surface area contributed by atoms with Crippen LogP contribution < -0.4 is 10.1 Å². The molecule has 2 aromatic rings. The van der Waals surface area contributed by atoms with E-state index in [0.29, 0.717) is 18.0 Å². The molecule has 1 N–H and O–H groups in total. The molecule has 0 saturated heterocycles. The fourth-order valence-corrected chi connectivity index (χ4v) is 1.66. The average Bonchev–Trinajstić information content (AvgIpc) is 2.44. The average molecular weight is 264 g/mol. The number of hydrogen-bond acceptors (Lipinski definition) is 3. The van der Waals surface area contributed by atoms with E-state index in [1.54, 1.807) is 25.4 Å². The fourth-order valence-electron chi connectivity index (χ4n) is 1.66. The van der Waals surface area contributed by atoms with E-state index < -0.39 is 11.6 Å². The molecule has 0 fully saturated rings. The standard InChI is InChI=1S/C14H14F2N2O/c1-19-13-6-5-10(8-18-13)7-17-9-11-3-2-4-12(15)14(11)16/h2-6,8,17H,7,9H2,1H3. The Kier molecular flexibility index (Phi) is 4.41. The van der Waals surface area contributed by atoms with Crippen LogP contribution in [0.4, 0.5) is 8.78 Å². The van der Waals surface area contributed by atoms with Crippen LogP contribution in [0, 0.1) is 11.6 Å². The summed E-state index contributed by atoms with van der Waals surface area (Å²) in [5, 5.41) is 3.04. The van der Waals surface area contributed by atoms with Gasteiger partial charge >= 0.3 is 0 Å². The highest BCUT2D eigenvalue weighted by molar-refractivity contribution is 5.20. The van der Waals surface area contributed by atoms with E-state index in [4.69, 9.17) is 4.74 Å². The predicted molar refractivity (Wildman–Crippen MR) is 67.7 cm³/mol. The van der Waals surface area contributed by atoms with Gasteiger partial charge in [-0.05, 0) is 11.6 Å². The Bertz CT molecular complexity index is 544. The van der Waals surface area contributed by atoms with Crippen molar-refractivity contribution < 1.29 is 13.5 Å². The van der Waals surface area contributed by atoms with Crippen LogP contribution in [0.1, 0.15) is 11.1 Å². The van der Waals surface area contributed by atoms with Crippen molar-refractivity contribution in [1.29, 1.82) is 0 Å². The molecule has 1 aromatic carbocycles. The molecule has 1 aromatic heterocycles. The van der Waals surface area contributed by atoms with E-state index in [-0.39, 0.29) is 6.54 Å². The second-order valence-corrected chi connectivity index (χ2v) is 4.03. The van der Waals surface area contributed by atoms with Gasteiger partial charge in [0.2, 0.25) is 5.88 Å². The Hall–Kier alpha value is -2.01. The van der Waals surface area contributed by atoms with E-state index >= 15 is 0 Å². The highest BCUT2D eigenvalue weighted by Crippen LogP contribution is 2.11. The molecule has 3 nitrogen and oxygen atoms in total. The summed E-state index contributed by atoms with van der Waals surface area (Å²) in [5.74, 6) is -1.09. The second-order valence-electron chi connectivity index (χ2n) is 4.03. The van der Waals surface area contributed by atoms with Gasteiger partial charge < -0.3 is 10.1 Å². The number of hydrogen-bond donors (Lipinski definition) is 1. The first kappa shape index (κ1) is 13.4. The minimum Gasteiger partial charge on any atom is -0.481 e. The summed E-state index contributed by atoms with van der Waals surface area (Å²) < 4.78 is 31.3. The molecule has 0 radical (unpaired) electrons. The maximum absolute atomic E-state index is 13.4. The number of rotatable bonds is 5. The van der Waals surface area contributed by atoms with Gasteiger partial charge in [-0.15, -0.1) is 0 Å². The monoisotopic (exact) mass is 264 g/mol. The first-order chi connectivity index (χ1) is 9.20. The predicted octanol–water partition coefficient (Wildman–Crippen LogP) is 2.66. The third-order valence-electron chi connectivity index (χ3n) is 2.68. The van der Waals surface area contributed by atoms with Gasteiger partial charge in [-0.1, -0.05) is 18.2 Å². The van der Waals surface area contributed by atoms with Crippen LogP contribution in [0.25, 0.3) is 0 Å². The Morgan fingerprint density at radius 2 is 2.00 bits per heavy atom. The van der Waals surface area contributed by atoms with Crippen molar-refractivity contribution >= 4 is 0 Å². The van der Waals surface area contributed by atoms with Crippen molar-refractivity contribution in [2.45, 2.75) is 13.1 Å². The molecule has 5 heteroatoms. The Morgan fingerprint density at radius 1 is 1.16 bits per heavy atom. The number of aromatic nitrogens is 1. The highest BCUT2D eigenvalue weighted by atomic mass is 19.2. The molecule has 100 valence electrons. The van der Waals surface area contributed by atoms with Crippen LogP contribution in [-0.4, -0.2) is 12.1 Å². The van der Waals surface area contributed by atoms with Crippen molar-refractivity contribution in [2.75, 3.05) is 7.11 Å². The fraction of sp³-hybridized carbons (Fsp3) is 0.214. The Labute approximate surface area is 110 Å². The van der Waals surface area contributed by atoms with Crippen LogP contribution in [0.2, 0.25) is 0 Å². The lowest BCUT2D eigenvalue weighted by Gasteiger charge is -2.07. The van der Waals surface area contributed by atoms with Crippen molar-refractivity contribution in [2.24, 2.45) is 0 Å². The number of halogens is 2. The van der Waals surface area contributed by atoms with Gasteiger partial charge in [-0.3, -0.25) is 0 Å². The summed E-state index contributed by atoms with van der Waals surface area (Å²) in [6.45, 7) is 0.780. The summed E-state index contributed by atoms with van der Waals surface area (Å²) >= 11 is 0. The molecule has 0 aliphatic heterocycles. The first-order valence-electron chi connectivity index (χ1n) is 5.83. The number of ether oxygens (including phenoxy) is 1. The molecular weight excluding hydrogens is 250 g/mol. The zero-order chi connectivity index (χ0) is 13.7. The van der Waals surface area contributed by atoms with Crippen LogP contribution in [0.15, 0.2) is 36.5 Å². The van der Waals surface area contributed by atoms with Gasteiger partial charge in [0.05, 0.1) is 7.11 Å². The van der Waals surface area contributed by atoms with Crippen LogP contribution >= 0.6 is 0 Å². The van der Waals surface area contributed by atoms with Crippen LogP contribution in [-0.2, 0) is 13.1 Å². The normalized spacial score (nSPS) is 10.5. The number of nitrogens with zero attached hydrogens (tertiary/aromatic N) is 1. The lowest BCUT2D eigenvalue weighted by molar-refractivity contribution is 0.397. The first-order valence-corrected chi connectivity index (χ1v) is 5.83. The molecule has 2 rings (SSSR count). The lowest BCUT2D eigenvalue weighted by Crippen LogP contribution is -2.14. The van der Waals surface area contributed by atoms with Gasteiger partial charge in [0.15, 0.2) is 11.6 Å². The van der Waals surface area contributed by atoms with E-state index in [1.165, 1.54) is 6.07 Å². The third-order valence-corrected chi connectivity index (χ3v) is 2.68. The molecule has 0 unspecified atom stereocenters. The second kappa shape index (κ2) is 6.24. The van der Waals surface area contributed by atoms with Crippen molar-refractivity contribution in [3.63, 3.8) is 0 Å². The molecule has 0 aliphatic carbocycles. The molecular formula is C14H14F2N2O. The van der Waals surface area contributed by atoms with Gasteiger partial charge in [0.25, 0.3) is 0 Å². The number of pyridine rings is 1. The third kappa shape index (κ3) is 3.48. The minimum atomic E-state index is -0.828. The molecule has 19 heavy (non-hydrogen) atoms. The maximum Gasteiger partial charge on any atom is 0.212 e. The Morgan fingerprint density at radius 3 is 2.68 bits per heavy atom. The molecule has 0 spiro atoms. The summed E-state index contributed by atoms with van der Waals surface area (Å²) in [5.41, 5.74) is 1.25. The maximum atomic E-state index is 13.4. The largest absolute Gasteiger partial charge is 0.481 e. The molecule has 1 heterocycles. The minimum absolute atomic E-state index is 0.260. The van der Waals surface area contributed by atoms with Gasteiger partial charge in [-0.25, -0.2) is 13.8 Å². The summed E-state index contributed by atoms with van der Waals surface area (Å²) in [7, 11) is 1.55. The van der Waals surface area contributed by atoms with E-state index in [9.17, 15) is 8.78 Å². The van der Waals surface area contributed by atoms with E-state index in [1.807, 2.05) is 6.07 Å².